The van der Waals surface area contributed by atoms with Crippen LogP contribution in [0.2, 0.25) is 0 Å². The van der Waals surface area contributed by atoms with Gasteiger partial charge in [0.05, 0.1) is 37.6 Å². The highest BCUT2D eigenvalue weighted by atomic mass is 16.5. The van der Waals surface area contributed by atoms with Crippen molar-refractivity contribution in [2.24, 2.45) is 0 Å². The van der Waals surface area contributed by atoms with Crippen LogP contribution in [0.4, 0.5) is 0 Å². The van der Waals surface area contributed by atoms with Gasteiger partial charge in [0.15, 0.2) is 0 Å². The highest BCUT2D eigenvalue weighted by molar-refractivity contribution is 5.18. The molecule has 1 aromatic heterocycles. The summed E-state index contributed by atoms with van der Waals surface area (Å²) in [6.07, 6.45) is 0. The van der Waals surface area contributed by atoms with E-state index in [9.17, 15) is 4.79 Å². The van der Waals surface area contributed by atoms with Crippen LogP contribution < -0.4 is 5.56 Å². The Morgan fingerprint density at radius 3 is 3.08 bits per heavy atom. The smallest absolute Gasteiger partial charge is 0.272 e. The molecule has 0 saturated heterocycles. The van der Waals surface area contributed by atoms with Crippen molar-refractivity contribution in [2.75, 3.05) is 6.61 Å². The number of aliphatic hydroxyl groups is 1. The first-order valence-corrected chi connectivity index (χ1v) is 3.82. The van der Waals surface area contributed by atoms with Crippen LogP contribution in [0.25, 0.3) is 0 Å². The minimum atomic E-state index is -0.0726. The average Bonchev–Trinajstić information content (AvgIpc) is 2.58. The largest absolute Gasteiger partial charge is 0.394 e. The number of hydrogen-bond donors (Lipinski definition) is 2. The fraction of sp³-hybridized carbons (Fsp3) is 0.571. The Morgan fingerprint density at radius 1 is 1.58 bits per heavy atom. The van der Waals surface area contributed by atoms with E-state index in [0.717, 1.165) is 5.69 Å². The van der Waals surface area contributed by atoms with Crippen LogP contribution >= 0.6 is 0 Å². The highest BCUT2D eigenvalue weighted by Gasteiger charge is 2.18. The molecule has 0 amide bonds. The number of aliphatic hydroxyl groups excluding tert-OH is 1. The fourth-order valence-electron chi connectivity index (χ4n) is 1.35. The molecular weight excluding hydrogens is 160 g/mol. The highest BCUT2D eigenvalue weighted by Crippen LogP contribution is 2.12. The molecule has 0 saturated carbocycles. The molecule has 0 unspecified atom stereocenters. The lowest BCUT2D eigenvalue weighted by Crippen LogP contribution is -2.20. The number of rotatable bonds is 2. The number of aromatic nitrogens is 2. The van der Waals surface area contributed by atoms with Crippen molar-refractivity contribution in [3.63, 3.8) is 0 Å². The molecule has 0 radical (unpaired) electrons. The summed E-state index contributed by atoms with van der Waals surface area (Å²) in [5.41, 5.74) is 1.47. The molecule has 12 heavy (non-hydrogen) atoms. The number of nitrogens with one attached hydrogen (secondary N) is 1. The maximum Gasteiger partial charge on any atom is 0.272 e. The van der Waals surface area contributed by atoms with Crippen LogP contribution in [0.1, 0.15) is 11.3 Å². The lowest BCUT2D eigenvalue weighted by molar-refractivity contribution is 0.129. The van der Waals surface area contributed by atoms with Crippen molar-refractivity contribution >= 4 is 0 Å². The van der Waals surface area contributed by atoms with Crippen LogP contribution in [0.5, 0.6) is 0 Å². The Labute approximate surface area is 68.6 Å². The zero-order valence-corrected chi connectivity index (χ0v) is 6.54. The Balaban J connectivity index is 2.41. The zero-order chi connectivity index (χ0) is 8.55. The molecule has 2 heterocycles. The summed E-state index contributed by atoms with van der Waals surface area (Å²) in [6, 6.07) is 0. The van der Waals surface area contributed by atoms with E-state index in [1.807, 2.05) is 0 Å². The number of aromatic amines is 1. The van der Waals surface area contributed by atoms with Crippen LogP contribution in [-0.4, -0.2) is 21.5 Å². The summed E-state index contributed by atoms with van der Waals surface area (Å²) in [6.45, 7) is 1.16. The topological polar surface area (TPSA) is 67.2 Å². The van der Waals surface area contributed by atoms with E-state index >= 15 is 0 Å². The van der Waals surface area contributed by atoms with Crippen molar-refractivity contribution in [1.29, 1.82) is 0 Å². The average molecular weight is 170 g/mol. The summed E-state index contributed by atoms with van der Waals surface area (Å²) >= 11 is 0. The SMILES string of the molecule is O=c1c2c([nH]n1CCO)COC2. The molecule has 66 valence electrons. The van der Waals surface area contributed by atoms with Crippen molar-refractivity contribution in [1.82, 2.24) is 9.78 Å². The van der Waals surface area contributed by atoms with E-state index in [-0.39, 0.29) is 12.2 Å². The molecule has 1 aromatic rings. The van der Waals surface area contributed by atoms with Gasteiger partial charge in [0.2, 0.25) is 0 Å². The maximum absolute atomic E-state index is 11.4. The normalized spacial score (nSPS) is 15.1. The predicted molar refractivity (Wildman–Crippen MR) is 40.6 cm³/mol. The first kappa shape index (κ1) is 7.57. The minimum absolute atomic E-state index is 0.0276. The second-order valence-corrected chi connectivity index (χ2v) is 2.74. The molecule has 1 aliphatic heterocycles. The number of ether oxygens (including phenoxy) is 1. The first-order valence-electron chi connectivity index (χ1n) is 3.82. The molecular formula is C7H10N2O3. The van der Waals surface area contributed by atoms with Crippen LogP contribution in [-0.2, 0) is 24.5 Å². The maximum atomic E-state index is 11.4. The van der Waals surface area contributed by atoms with Gasteiger partial charge < -0.3 is 9.84 Å². The summed E-state index contributed by atoms with van der Waals surface area (Å²) in [4.78, 5) is 11.4. The quantitative estimate of drug-likeness (QED) is 0.610. The Kier molecular flexibility index (Phi) is 1.74. The van der Waals surface area contributed by atoms with Crippen LogP contribution in [0.15, 0.2) is 4.79 Å². The van der Waals surface area contributed by atoms with Gasteiger partial charge in [-0.15, -0.1) is 0 Å². The lowest BCUT2D eigenvalue weighted by atomic mass is 10.3. The molecule has 0 bridgehead atoms. The fourth-order valence-corrected chi connectivity index (χ4v) is 1.35. The molecule has 5 heteroatoms. The van der Waals surface area contributed by atoms with E-state index in [1.54, 1.807) is 0 Å². The van der Waals surface area contributed by atoms with Gasteiger partial charge in [-0.25, -0.2) is 0 Å². The van der Waals surface area contributed by atoms with E-state index < -0.39 is 0 Å². The predicted octanol–water partition coefficient (Wildman–Crippen LogP) is -0.801. The Hall–Kier alpha value is -1.07. The summed E-state index contributed by atoms with van der Waals surface area (Å²) in [7, 11) is 0. The van der Waals surface area contributed by atoms with Crippen LogP contribution in [0.3, 0.4) is 0 Å². The standard InChI is InChI=1S/C7H10N2O3/c10-2-1-9-7(11)5-3-12-4-6(5)8-9/h8,10H,1-4H2. The van der Waals surface area contributed by atoms with Gasteiger partial charge in [-0.1, -0.05) is 0 Å². The summed E-state index contributed by atoms with van der Waals surface area (Å²) in [5.74, 6) is 0. The van der Waals surface area contributed by atoms with Gasteiger partial charge in [0, 0.05) is 0 Å². The monoisotopic (exact) mass is 170 g/mol. The molecule has 0 spiro atoms. The number of hydrogen-bond acceptors (Lipinski definition) is 3. The third-order valence-electron chi connectivity index (χ3n) is 1.95. The van der Waals surface area contributed by atoms with E-state index in [1.165, 1.54) is 4.68 Å². The number of nitrogens with zero attached hydrogens (tertiary/aromatic N) is 1. The van der Waals surface area contributed by atoms with Crippen molar-refractivity contribution in [3.05, 3.63) is 21.6 Å². The zero-order valence-electron chi connectivity index (χ0n) is 6.54. The molecule has 0 aromatic carbocycles. The summed E-state index contributed by atoms with van der Waals surface area (Å²) < 4.78 is 6.47. The summed E-state index contributed by atoms with van der Waals surface area (Å²) in [5, 5.41) is 11.5. The van der Waals surface area contributed by atoms with Gasteiger partial charge in [0.1, 0.15) is 0 Å². The van der Waals surface area contributed by atoms with E-state index in [4.69, 9.17) is 9.84 Å². The van der Waals surface area contributed by atoms with Gasteiger partial charge in [-0.2, -0.15) is 0 Å². The second kappa shape index (κ2) is 2.76. The van der Waals surface area contributed by atoms with E-state index in [2.05, 4.69) is 5.10 Å². The molecule has 0 aliphatic carbocycles. The van der Waals surface area contributed by atoms with Crippen molar-refractivity contribution in [2.45, 2.75) is 19.8 Å². The molecule has 0 fully saturated rings. The first-order chi connectivity index (χ1) is 5.83. The van der Waals surface area contributed by atoms with Crippen molar-refractivity contribution < 1.29 is 9.84 Å². The molecule has 2 rings (SSSR count). The second-order valence-electron chi connectivity index (χ2n) is 2.74. The van der Waals surface area contributed by atoms with Gasteiger partial charge in [-0.05, 0) is 0 Å². The number of fused-ring (bicyclic) bond motifs is 1. The molecule has 1 aliphatic rings. The van der Waals surface area contributed by atoms with E-state index in [0.29, 0.717) is 25.3 Å². The van der Waals surface area contributed by atoms with Crippen LogP contribution in [0, 0.1) is 0 Å². The number of H-pyrrole nitrogens is 1. The molecule has 2 N–H and O–H groups in total. The third kappa shape index (κ3) is 0.981. The molecule has 5 nitrogen and oxygen atoms in total. The van der Waals surface area contributed by atoms with Gasteiger partial charge >= 0.3 is 0 Å². The Bertz CT molecular complexity index is 339. The van der Waals surface area contributed by atoms with Gasteiger partial charge in [-0.3, -0.25) is 14.6 Å². The van der Waals surface area contributed by atoms with Crippen molar-refractivity contribution in [3.8, 4) is 0 Å². The van der Waals surface area contributed by atoms with Gasteiger partial charge in [0.25, 0.3) is 5.56 Å². The Morgan fingerprint density at radius 2 is 2.42 bits per heavy atom. The lowest BCUT2D eigenvalue weighted by Gasteiger charge is -1.97. The third-order valence-corrected chi connectivity index (χ3v) is 1.95. The minimum Gasteiger partial charge on any atom is -0.394 e. The molecule has 0 atom stereocenters.